The van der Waals surface area contributed by atoms with E-state index in [1.54, 1.807) is 6.20 Å². The molecule has 0 fully saturated rings. The van der Waals surface area contributed by atoms with Crippen molar-refractivity contribution in [2.45, 2.75) is 0 Å². The molecule has 18 heavy (non-hydrogen) atoms. The van der Waals surface area contributed by atoms with Crippen LogP contribution in [-0.2, 0) is 0 Å². The highest BCUT2D eigenvalue weighted by Crippen LogP contribution is 2.28. The molecule has 0 atom stereocenters. The van der Waals surface area contributed by atoms with Crippen LogP contribution in [0.4, 0.5) is 0 Å². The standard InChI is InChI=1S/C14H8N2O2/c17-14-12-11(7-15-16-12)10-6-5-8-3-1-2-4-9(8)13(10)18-14/h1-7H,(H,15,16). The lowest BCUT2D eigenvalue weighted by atomic mass is 10.1. The Hall–Kier alpha value is -2.62. The molecule has 0 aliphatic rings. The van der Waals surface area contributed by atoms with Gasteiger partial charge in [0.1, 0.15) is 5.58 Å². The van der Waals surface area contributed by atoms with Gasteiger partial charge >= 0.3 is 5.63 Å². The van der Waals surface area contributed by atoms with Gasteiger partial charge in [-0.05, 0) is 11.5 Å². The summed E-state index contributed by atoms with van der Waals surface area (Å²) in [6, 6.07) is 11.8. The summed E-state index contributed by atoms with van der Waals surface area (Å²) >= 11 is 0. The van der Waals surface area contributed by atoms with Gasteiger partial charge in [-0.1, -0.05) is 30.3 Å². The second kappa shape index (κ2) is 3.20. The lowest BCUT2D eigenvalue weighted by Gasteiger charge is -2.02. The first-order chi connectivity index (χ1) is 8.84. The fourth-order valence-electron chi connectivity index (χ4n) is 2.35. The quantitative estimate of drug-likeness (QED) is 0.377. The number of nitrogens with one attached hydrogen (secondary N) is 1. The summed E-state index contributed by atoms with van der Waals surface area (Å²) in [5.74, 6) is 0. The molecule has 0 saturated heterocycles. The van der Waals surface area contributed by atoms with Crippen LogP contribution in [0, 0.1) is 0 Å². The van der Waals surface area contributed by atoms with Gasteiger partial charge in [0.15, 0.2) is 5.52 Å². The van der Waals surface area contributed by atoms with Gasteiger partial charge in [0.05, 0.1) is 6.20 Å². The fourth-order valence-corrected chi connectivity index (χ4v) is 2.35. The predicted octanol–water partition coefficient (Wildman–Crippen LogP) is 2.82. The molecule has 4 heteroatoms. The van der Waals surface area contributed by atoms with E-state index in [9.17, 15) is 4.79 Å². The number of rotatable bonds is 0. The van der Waals surface area contributed by atoms with E-state index >= 15 is 0 Å². The highest BCUT2D eigenvalue weighted by Gasteiger charge is 2.10. The summed E-state index contributed by atoms with van der Waals surface area (Å²) in [6.45, 7) is 0. The number of fused-ring (bicyclic) bond motifs is 5. The zero-order chi connectivity index (χ0) is 12.1. The molecule has 2 aromatic carbocycles. The average molecular weight is 236 g/mol. The van der Waals surface area contributed by atoms with E-state index in [2.05, 4.69) is 10.2 Å². The third kappa shape index (κ3) is 1.09. The molecule has 2 heterocycles. The predicted molar refractivity (Wildman–Crippen MR) is 69.6 cm³/mol. The van der Waals surface area contributed by atoms with Gasteiger partial charge in [0, 0.05) is 16.2 Å². The van der Waals surface area contributed by atoms with Crippen molar-refractivity contribution in [2.24, 2.45) is 0 Å². The van der Waals surface area contributed by atoms with E-state index in [-0.39, 0.29) is 5.63 Å². The van der Waals surface area contributed by atoms with Crippen molar-refractivity contribution in [3.8, 4) is 0 Å². The van der Waals surface area contributed by atoms with E-state index in [0.717, 1.165) is 21.5 Å². The van der Waals surface area contributed by atoms with Crippen molar-refractivity contribution in [1.29, 1.82) is 0 Å². The van der Waals surface area contributed by atoms with E-state index in [0.29, 0.717) is 11.1 Å². The van der Waals surface area contributed by atoms with Crippen molar-refractivity contribution in [3.63, 3.8) is 0 Å². The van der Waals surface area contributed by atoms with Crippen LogP contribution in [0.1, 0.15) is 0 Å². The Morgan fingerprint density at radius 1 is 1.00 bits per heavy atom. The molecule has 0 bridgehead atoms. The average Bonchev–Trinajstić information content (AvgIpc) is 2.89. The summed E-state index contributed by atoms with van der Waals surface area (Å²) in [5, 5.41) is 10.3. The van der Waals surface area contributed by atoms with Crippen LogP contribution in [0.25, 0.3) is 32.6 Å². The molecule has 4 nitrogen and oxygen atoms in total. The second-order valence-electron chi connectivity index (χ2n) is 4.21. The Bertz CT molecular complexity index is 950. The number of hydrogen-bond acceptors (Lipinski definition) is 3. The molecule has 4 aromatic rings. The van der Waals surface area contributed by atoms with Crippen LogP contribution in [-0.4, -0.2) is 10.2 Å². The molecule has 1 N–H and O–H groups in total. The molecule has 0 radical (unpaired) electrons. The zero-order valence-electron chi connectivity index (χ0n) is 9.31. The Morgan fingerprint density at radius 3 is 2.83 bits per heavy atom. The lowest BCUT2D eigenvalue weighted by Crippen LogP contribution is -1.99. The molecule has 0 unspecified atom stereocenters. The molecule has 0 amide bonds. The largest absolute Gasteiger partial charge is 0.420 e. The van der Waals surface area contributed by atoms with E-state index < -0.39 is 0 Å². The number of hydrogen-bond donors (Lipinski definition) is 1. The van der Waals surface area contributed by atoms with Crippen molar-refractivity contribution in [3.05, 3.63) is 53.0 Å². The molecule has 0 aliphatic carbocycles. The number of aromatic nitrogens is 2. The third-order valence-corrected chi connectivity index (χ3v) is 3.21. The van der Waals surface area contributed by atoms with Gasteiger partial charge in [-0.3, -0.25) is 5.10 Å². The molecular weight excluding hydrogens is 228 g/mol. The van der Waals surface area contributed by atoms with Crippen LogP contribution in [0.15, 0.2) is 51.8 Å². The topological polar surface area (TPSA) is 58.9 Å². The van der Waals surface area contributed by atoms with Crippen molar-refractivity contribution < 1.29 is 4.42 Å². The molecular formula is C14H8N2O2. The maximum atomic E-state index is 11.9. The summed E-state index contributed by atoms with van der Waals surface area (Å²) < 4.78 is 5.42. The van der Waals surface area contributed by atoms with Crippen LogP contribution in [0.2, 0.25) is 0 Å². The molecule has 86 valence electrons. The normalized spacial score (nSPS) is 11.6. The van der Waals surface area contributed by atoms with Crippen molar-refractivity contribution >= 4 is 32.6 Å². The minimum Gasteiger partial charge on any atom is -0.420 e. The van der Waals surface area contributed by atoms with Crippen molar-refractivity contribution in [2.75, 3.05) is 0 Å². The lowest BCUT2D eigenvalue weighted by molar-refractivity contribution is 0.571. The number of H-pyrrole nitrogens is 1. The molecule has 0 aliphatic heterocycles. The number of aromatic amines is 1. The van der Waals surface area contributed by atoms with Gasteiger partial charge in [-0.2, -0.15) is 5.10 Å². The van der Waals surface area contributed by atoms with Gasteiger partial charge in [0.2, 0.25) is 0 Å². The molecule has 2 aromatic heterocycles. The number of nitrogens with zero attached hydrogens (tertiary/aromatic N) is 1. The highest BCUT2D eigenvalue weighted by atomic mass is 16.4. The Labute approximate surface area is 101 Å². The minimum atomic E-state index is -0.383. The minimum absolute atomic E-state index is 0.383. The molecule has 0 saturated carbocycles. The Balaban J connectivity index is 2.40. The SMILES string of the molecule is O=c1oc2c3ccccc3ccc2c2cn[nH]c12. The van der Waals surface area contributed by atoms with Gasteiger partial charge < -0.3 is 4.42 Å². The Morgan fingerprint density at radius 2 is 1.89 bits per heavy atom. The Kier molecular flexibility index (Phi) is 1.67. The smallest absolute Gasteiger partial charge is 0.362 e. The summed E-state index contributed by atoms with van der Waals surface area (Å²) in [7, 11) is 0. The summed E-state index contributed by atoms with van der Waals surface area (Å²) in [5.41, 5.74) is 0.649. The monoisotopic (exact) mass is 236 g/mol. The summed E-state index contributed by atoms with van der Waals surface area (Å²) in [4.78, 5) is 11.9. The fraction of sp³-hybridized carbons (Fsp3) is 0. The van der Waals surface area contributed by atoms with E-state index in [1.807, 2.05) is 36.4 Å². The first-order valence-electron chi connectivity index (χ1n) is 5.62. The zero-order valence-corrected chi connectivity index (χ0v) is 9.31. The van der Waals surface area contributed by atoms with Crippen LogP contribution >= 0.6 is 0 Å². The van der Waals surface area contributed by atoms with Crippen LogP contribution < -0.4 is 5.63 Å². The highest BCUT2D eigenvalue weighted by molar-refractivity contribution is 6.12. The van der Waals surface area contributed by atoms with Gasteiger partial charge in [0.25, 0.3) is 0 Å². The van der Waals surface area contributed by atoms with Crippen LogP contribution in [0.5, 0.6) is 0 Å². The van der Waals surface area contributed by atoms with E-state index in [4.69, 9.17) is 4.42 Å². The third-order valence-electron chi connectivity index (χ3n) is 3.21. The van der Waals surface area contributed by atoms with E-state index in [1.165, 1.54) is 0 Å². The maximum absolute atomic E-state index is 11.9. The summed E-state index contributed by atoms with van der Waals surface area (Å²) in [6.07, 6.45) is 1.66. The van der Waals surface area contributed by atoms with Gasteiger partial charge in [-0.15, -0.1) is 0 Å². The first-order valence-corrected chi connectivity index (χ1v) is 5.62. The van der Waals surface area contributed by atoms with Crippen molar-refractivity contribution in [1.82, 2.24) is 10.2 Å². The first kappa shape index (κ1) is 9.41. The van der Waals surface area contributed by atoms with Gasteiger partial charge in [-0.25, -0.2) is 4.79 Å². The molecule has 4 rings (SSSR count). The van der Waals surface area contributed by atoms with Crippen LogP contribution in [0.3, 0.4) is 0 Å². The molecule has 0 spiro atoms. The second-order valence-corrected chi connectivity index (χ2v) is 4.21. The maximum Gasteiger partial charge on any atom is 0.362 e. The number of benzene rings is 2.